The molecule has 2 saturated carbocycles. The third-order valence-corrected chi connectivity index (χ3v) is 6.53. The average Bonchev–Trinajstić information content (AvgIpc) is 3.09. The van der Waals surface area contributed by atoms with E-state index in [0.717, 1.165) is 0 Å². The van der Waals surface area contributed by atoms with Gasteiger partial charge in [0.25, 0.3) is 0 Å². The van der Waals surface area contributed by atoms with Crippen LogP contribution in [0.5, 0.6) is 0 Å². The van der Waals surface area contributed by atoms with Crippen LogP contribution in [0.3, 0.4) is 0 Å². The molecule has 5 nitrogen and oxygen atoms in total. The van der Waals surface area contributed by atoms with Gasteiger partial charge in [-0.15, -0.1) is 0 Å². The van der Waals surface area contributed by atoms with Crippen molar-refractivity contribution < 1.29 is 31.1 Å². The van der Waals surface area contributed by atoms with Crippen molar-refractivity contribution in [1.29, 1.82) is 0 Å². The summed E-state index contributed by atoms with van der Waals surface area (Å²) in [4.78, 5) is 16.7. The van der Waals surface area contributed by atoms with Gasteiger partial charge in [-0.3, -0.25) is 4.79 Å². The van der Waals surface area contributed by atoms with Gasteiger partial charge >= 0.3 is 0 Å². The number of alkyl halides is 6. The van der Waals surface area contributed by atoms with E-state index >= 15 is 0 Å². The van der Waals surface area contributed by atoms with Gasteiger partial charge in [-0.2, -0.15) is 5.10 Å². The minimum atomic E-state index is -2.75. The summed E-state index contributed by atoms with van der Waals surface area (Å²) in [5.41, 5.74) is 1.41. The molecular weight excluding hydrogens is 450 g/mol. The highest BCUT2D eigenvalue weighted by Gasteiger charge is 2.45. The van der Waals surface area contributed by atoms with E-state index in [-0.39, 0.29) is 38.0 Å². The normalized spacial score (nSPS) is 21.8. The van der Waals surface area contributed by atoms with Crippen LogP contribution in [0.4, 0.5) is 26.3 Å². The van der Waals surface area contributed by atoms with Gasteiger partial charge in [-0.05, 0) is 42.7 Å². The smallest absolute Gasteiger partial charge is 0.248 e. The van der Waals surface area contributed by atoms with Gasteiger partial charge in [-0.1, -0.05) is 0 Å². The maximum Gasteiger partial charge on any atom is 0.248 e. The third kappa shape index (κ3) is 6.17. The van der Waals surface area contributed by atoms with Gasteiger partial charge in [-0.25, -0.2) is 35.8 Å². The Balaban J connectivity index is 1.42. The Morgan fingerprint density at radius 3 is 2.45 bits per heavy atom. The zero-order valence-electron chi connectivity index (χ0n) is 17.9. The van der Waals surface area contributed by atoms with Crippen LogP contribution in [0.1, 0.15) is 68.7 Å². The van der Waals surface area contributed by atoms with E-state index in [1.807, 2.05) is 0 Å². The number of fused-ring (bicyclic) bond motifs is 1. The fraction of sp³-hybridized carbons (Fsp3) is 0.682. The van der Waals surface area contributed by atoms with Gasteiger partial charge < -0.3 is 5.32 Å². The minimum absolute atomic E-state index is 0.0961. The number of hydrogen-bond acceptors (Lipinski definition) is 3. The lowest BCUT2D eigenvalue weighted by Gasteiger charge is -2.34. The molecule has 0 spiro atoms. The summed E-state index contributed by atoms with van der Waals surface area (Å²) in [6.07, 6.45) is -0.101. The average molecular weight is 476 g/mol. The fourth-order valence-electron chi connectivity index (χ4n) is 4.73. The maximum absolute atomic E-state index is 13.4. The third-order valence-electron chi connectivity index (χ3n) is 6.53. The van der Waals surface area contributed by atoms with Gasteiger partial charge in [0.1, 0.15) is 0 Å². The molecule has 1 atom stereocenters. The Morgan fingerprint density at radius 2 is 1.82 bits per heavy atom. The van der Waals surface area contributed by atoms with E-state index in [1.54, 1.807) is 12.3 Å². The molecule has 0 saturated heterocycles. The molecule has 11 heteroatoms. The summed E-state index contributed by atoms with van der Waals surface area (Å²) in [6, 6.07) is 0.521. The highest BCUT2D eigenvalue weighted by molar-refractivity contribution is 5.77. The number of carbonyl (C=O) groups excluding carboxylic acids is 1. The van der Waals surface area contributed by atoms with Gasteiger partial charge in [0.05, 0.1) is 24.1 Å². The van der Waals surface area contributed by atoms with Crippen molar-refractivity contribution in [3.05, 3.63) is 29.7 Å². The Labute approximate surface area is 186 Å². The number of carbonyl (C=O) groups is 1. The second kappa shape index (κ2) is 9.13. The van der Waals surface area contributed by atoms with Gasteiger partial charge in [0.2, 0.25) is 24.2 Å². The second-order valence-electron chi connectivity index (χ2n) is 9.41. The number of hydrogen-bond donors (Lipinski definition) is 1. The molecule has 2 aliphatic carbocycles. The van der Waals surface area contributed by atoms with Crippen LogP contribution in [0.15, 0.2) is 18.5 Å². The fourth-order valence-corrected chi connectivity index (χ4v) is 4.73. The first-order valence-corrected chi connectivity index (χ1v) is 11.2. The monoisotopic (exact) mass is 476 g/mol. The molecule has 0 unspecified atom stereocenters. The molecule has 33 heavy (non-hydrogen) atoms. The van der Waals surface area contributed by atoms with Crippen LogP contribution in [0.25, 0.3) is 5.65 Å². The maximum atomic E-state index is 13.4. The standard InChI is InChI=1S/C22H26F6N4O/c23-18(24)8-17(31-20(33)6-14-9-22(27,28)10-14)15-7-19-30-16(12-32(19)29-11-15)5-13-1-3-21(25,26)4-2-13/h7,11-14,17-18H,1-6,8-10H2,(H,31,33)/t17-/m1/s1. The van der Waals surface area contributed by atoms with E-state index in [0.29, 0.717) is 36.2 Å². The number of amides is 1. The van der Waals surface area contributed by atoms with Crippen molar-refractivity contribution in [3.8, 4) is 0 Å². The summed E-state index contributed by atoms with van der Waals surface area (Å²) in [5, 5.41) is 6.72. The SMILES string of the molecule is O=C(CC1CC(F)(F)C1)N[C@H](CC(F)F)c1cnn2cc(CC3CCC(F)(F)CC3)nc2c1. The molecule has 2 fully saturated rings. The summed E-state index contributed by atoms with van der Waals surface area (Å²) >= 11 is 0. The number of halogens is 6. The van der Waals surface area contributed by atoms with E-state index in [4.69, 9.17) is 0 Å². The predicted molar refractivity (Wildman–Crippen MR) is 107 cm³/mol. The summed E-state index contributed by atoms with van der Waals surface area (Å²) in [7, 11) is 0. The van der Waals surface area contributed by atoms with Crippen molar-refractivity contribution in [2.24, 2.45) is 11.8 Å². The van der Waals surface area contributed by atoms with Crippen molar-refractivity contribution >= 4 is 11.6 Å². The molecule has 2 aliphatic rings. The topological polar surface area (TPSA) is 59.3 Å². The zero-order valence-corrected chi connectivity index (χ0v) is 17.9. The first-order valence-electron chi connectivity index (χ1n) is 11.2. The molecule has 182 valence electrons. The molecule has 0 aliphatic heterocycles. The first-order chi connectivity index (χ1) is 15.5. The number of imidazole rings is 1. The number of aromatic nitrogens is 3. The number of nitrogens with one attached hydrogen (secondary N) is 1. The Bertz CT molecular complexity index is 976. The summed E-state index contributed by atoms with van der Waals surface area (Å²) < 4.78 is 80.5. The number of rotatable bonds is 8. The van der Waals surface area contributed by atoms with Gasteiger partial charge in [0, 0.05) is 38.5 Å². The van der Waals surface area contributed by atoms with Crippen LogP contribution < -0.4 is 5.32 Å². The molecule has 0 bridgehead atoms. The summed E-state index contributed by atoms with van der Waals surface area (Å²) in [6.45, 7) is 0. The highest BCUT2D eigenvalue weighted by Crippen LogP contribution is 2.44. The van der Waals surface area contributed by atoms with Crippen molar-refractivity contribution in [2.75, 3.05) is 0 Å². The molecule has 4 rings (SSSR count). The molecule has 1 amide bonds. The van der Waals surface area contributed by atoms with Crippen LogP contribution in [-0.4, -0.2) is 38.8 Å². The van der Waals surface area contributed by atoms with Crippen molar-refractivity contribution in [2.45, 2.75) is 82.1 Å². The van der Waals surface area contributed by atoms with Crippen LogP contribution >= 0.6 is 0 Å². The van der Waals surface area contributed by atoms with E-state index in [1.165, 1.54) is 10.7 Å². The zero-order chi connectivity index (χ0) is 23.8. The van der Waals surface area contributed by atoms with E-state index in [9.17, 15) is 31.1 Å². The van der Waals surface area contributed by atoms with Crippen LogP contribution in [0.2, 0.25) is 0 Å². The second-order valence-corrected chi connectivity index (χ2v) is 9.41. The molecular formula is C22H26F6N4O. The Kier molecular flexibility index (Phi) is 6.59. The molecule has 2 aromatic rings. The lowest BCUT2D eigenvalue weighted by Crippen LogP contribution is -2.39. The van der Waals surface area contributed by atoms with Crippen LogP contribution in [0, 0.1) is 11.8 Å². The molecule has 2 heterocycles. The van der Waals surface area contributed by atoms with Crippen molar-refractivity contribution in [1.82, 2.24) is 19.9 Å². The van der Waals surface area contributed by atoms with E-state index < -0.39 is 42.6 Å². The van der Waals surface area contributed by atoms with Gasteiger partial charge in [0.15, 0.2) is 5.65 Å². The Morgan fingerprint density at radius 1 is 1.12 bits per heavy atom. The lowest BCUT2D eigenvalue weighted by molar-refractivity contribution is -0.134. The largest absolute Gasteiger partial charge is 0.349 e. The highest BCUT2D eigenvalue weighted by atomic mass is 19.3. The predicted octanol–water partition coefficient (Wildman–Crippen LogP) is 5.35. The molecule has 0 radical (unpaired) electrons. The lowest BCUT2D eigenvalue weighted by atomic mass is 9.79. The minimum Gasteiger partial charge on any atom is -0.349 e. The molecule has 2 aromatic heterocycles. The first kappa shape index (κ1) is 23.8. The Hall–Kier alpha value is -2.33. The molecule has 0 aromatic carbocycles. The molecule has 1 N–H and O–H groups in total. The van der Waals surface area contributed by atoms with Crippen molar-refractivity contribution in [3.63, 3.8) is 0 Å². The van der Waals surface area contributed by atoms with Crippen LogP contribution in [-0.2, 0) is 11.2 Å². The number of nitrogens with zero attached hydrogens (tertiary/aromatic N) is 3. The summed E-state index contributed by atoms with van der Waals surface area (Å²) in [5.74, 6) is -6.27. The van der Waals surface area contributed by atoms with E-state index in [2.05, 4.69) is 15.4 Å². The quantitative estimate of drug-likeness (QED) is 0.523.